The lowest BCUT2D eigenvalue weighted by atomic mass is 10.1. The van der Waals surface area contributed by atoms with Gasteiger partial charge in [0.25, 0.3) is 11.8 Å². The van der Waals surface area contributed by atoms with E-state index in [1.54, 1.807) is 30.3 Å². The van der Waals surface area contributed by atoms with Crippen LogP contribution in [0.25, 0.3) is 0 Å². The molecule has 0 aliphatic carbocycles. The van der Waals surface area contributed by atoms with E-state index in [2.05, 4.69) is 4.98 Å². The standard InChI is InChI=1S/C14H9FN2O2/c15-12-9(4-3-7-16-12)8-17-13(18)10-5-1-2-6-11(10)14(17)19/h1-7H,8H2. The second-order valence-electron chi connectivity index (χ2n) is 4.20. The Morgan fingerprint density at radius 1 is 1.00 bits per heavy atom. The Hall–Kier alpha value is -2.56. The summed E-state index contributed by atoms with van der Waals surface area (Å²) in [5.74, 6) is -1.47. The average Bonchev–Trinajstić information content (AvgIpc) is 2.67. The lowest BCUT2D eigenvalue weighted by molar-refractivity contribution is 0.0640. The van der Waals surface area contributed by atoms with Crippen molar-refractivity contribution in [3.05, 3.63) is 65.2 Å². The van der Waals surface area contributed by atoms with E-state index in [1.807, 2.05) is 0 Å². The molecule has 5 heteroatoms. The fraction of sp³-hybridized carbons (Fsp3) is 0.0714. The molecule has 0 atom stereocenters. The Labute approximate surface area is 108 Å². The highest BCUT2D eigenvalue weighted by Crippen LogP contribution is 2.24. The Balaban J connectivity index is 1.95. The van der Waals surface area contributed by atoms with Crippen LogP contribution in [0.15, 0.2) is 42.6 Å². The molecule has 2 aromatic rings. The van der Waals surface area contributed by atoms with Gasteiger partial charge in [-0.05, 0) is 18.2 Å². The number of pyridine rings is 1. The first kappa shape index (κ1) is 11.5. The third-order valence-corrected chi connectivity index (χ3v) is 3.04. The van der Waals surface area contributed by atoms with Gasteiger partial charge in [0.2, 0.25) is 5.95 Å². The number of benzene rings is 1. The number of rotatable bonds is 2. The fourth-order valence-electron chi connectivity index (χ4n) is 2.09. The first-order valence-corrected chi connectivity index (χ1v) is 5.73. The lowest BCUT2D eigenvalue weighted by Crippen LogP contribution is -2.29. The van der Waals surface area contributed by atoms with Gasteiger partial charge in [-0.15, -0.1) is 0 Å². The van der Waals surface area contributed by atoms with Crippen molar-refractivity contribution in [2.45, 2.75) is 6.54 Å². The van der Waals surface area contributed by atoms with Gasteiger partial charge >= 0.3 is 0 Å². The number of imide groups is 1. The summed E-state index contributed by atoms with van der Waals surface area (Å²) in [5, 5.41) is 0. The molecular formula is C14H9FN2O2. The van der Waals surface area contributed by atoms with E-state index >= 15 is 0 Å². The number of amides is 2. The summed E-state index contributed by atoms with van der Waals surface area (Å²) >= 11 is 0. The van der Waals surface area contributed by atoms with Crippen molar-refractivity contribution >= 4 is 11.8 Å². The summed E-state index contributed by atoms with van der Waals surface area (Å²) in [6.45, 7) is -0.105. The predicted molar refractivity (Wildman–Crippen MR) is 64.8 cm³/mol. The fourth-order valence-corrected chi connectivity index (χ4v) is 2.09. The normalized spacial score (nSPS) is 13.8. The average molecular weight is 256 g/mol. The van der Waals surface area contributed by atoms with Crippen molar-refractivity contribution in [3.63, 3.8) is 0 Å². The number of hydrogen-bond donors (Lipinski definition) is 0. The molecule has 19 heavy (non-hydrogen) atoms. The van der Waals surface area contributed by atoms with Crippen LogP contribution in [0.4, 0.5) is 4.39 Å². The van der Waals surface area contributed by atoms with Crippen LogP contribution >= 0.6 is 0 Å². The van der Waals surface area contributed by atoms with Crippen LogP contribution in [0.1, 0.15) is 26.3 Å². The minimum Gasteiger partial charge on any atom is -0.270 e. The van der Waals surface area contributed by atoms with Gasteiger partial charge in [0.1, 0.15) is 0 Å². The summed E-state index contributed by atoms with van der Waals surface area (Å²) in [6, 6.07) is 9.64. The molecule has 0 radical (unpaired) electrons. The highest BCUT2D eigenvalue weighted by molar-refractivity contribution is 6.21. The molecule has 0 N–H and O–H groups in total. The topological polar surface area (TPSA) is 50.3 Å². The molecule has 2 amide bonds. The van der Waals surface area contributed by atoms with Crippen molar-refractivity contribution in [1.82, 2.24) is 9.88 Å². The zero-order valence-electron chi connectivity index (χ0n) is 9.84. The minimum absolute atomic E-state index is 0.105. The zero-order valence-corrected chi connectivity index (χ0v) is 9.84. The van der Waals surface area contributed by atoms with Crippen LogP contribution < -0.4 is 0 Å². The molecule has 1 aromatic carbocycles. The molecule has 1 aliphatic rings. The highest BCUT2D eigenvalue weighted by atomic mass is 19.1. The molecule has 0 unspecified atom stereocenters. The van der Waals surface area contributed by atoms with Gasteiger partial charge in [-0.1, -0.05) is 18.2 Å². The summed E-state index contributed by atoms with van der Waals surface area (Å²) in [6.07, 6.45) is 1.32. The van der Waals surface area contributed by atoms with Crippen LogP contribution in [0.2, 0.25) is 0 Å². The molecule has 2 heterocycles. The van der Waals surface area contributed by atoms with E-state index in [9.17, 15) is 14.0 Å². The minimum atomic E-state index is -0.668. The van der Waals surface area contributed by atoms with Crippen molar-refractivity contribution in [3.8, 4) is 0 Å². The van der Waals surface area contributed by atoms with Gasteiger partial charge in [-0.2, -0.15) is 4.39 Å². The van der Waals surface area contributed by atoms with Crippen LogP contribution in [-0.4, -0.2) is 21.7 Å². The molecular weight excluding hydrogens is 247 g/mol. The number of carbonyl (C=O) groups excluding carboxylic acids is 2. The van der Waals surface area contributed by atoms with Crippen molar-refractivity contribution in [2.75, 3.05) is 0 Å². The lowest BCUT2D eigenvalue weighted by Gasteiger charge is -2.13. The molecule has 0 saturated carbocycles. The zero-order chi connectivity index (χ0) is 13.4. The largest absolute Gasteiger partial charge is 0.270 e. The molecule has 0 saturated heterocycles. The number of nitrogens with zero attached hydrogens (tertiary/aromatic N) is 2. The third-order valence-electron chi connectivity index (χ3n) is 3.04. The maximum atomic E-state index is 13.5. The molecule has 0 spiro atoms. The number of fused-ring (bicyclic) bond motifs is 1. The Bertz CT molecular complexity index is 650. The highest BCUT2D eigenvalue weighted by Gasteiger charge is 2.35. The number of hydrogen-bond acceptors (Lipinski definition) is 3. The van der Waals surface area contributed by atoms with Gasteiger partial charge in [-0.25, -0.2) is 4.98 Å². The van der Waals surface area contributed by atoms with Gasteiger partial charge in [-0.3, -0.25) is 14.5 Å². The monoisotopic (exact) mass is 256 g/mol. The SMILES string of the molecule is O=C1c2ccccc2C(=O)N1Cc1cccnc1F. The predicted octanol–water partition coefficient (Wildman–Crippen LogP) is 2.02. The van der Waals surface area contributed by atoms with Crippen molar-refractivity contribution in [2.24, 2.45) is 0 Å². The second-order valence-corrected chi connectivity index (χ2v) is 4.20. The Kier molecular flexibility index (Phi) is 2.59. The van der Waals surface area contributed by atoms with E-state index < -0.39 is 17.8 Å². The Morgan fingerprint density at radius 3 is 2.21 bits per heavy atom. The van der Waals surface area contributed by atoms with E-state index in [1.165, 1.54) is 12.3 Å². The van der Waals surface area contributed by atoms with Crippen LogP contribution in [0.5, 0.6) is 0 Å². The first-order chi connectivity index (χ1) is 9.18. The third kappa shape index (κ3) is 1.79. The summed E-state index contributed by atoms with van der Waals surface area (Å²) in [7, 11) is 0. The molecule has 4 nitrogen and oxygen atoms in total. The van der Waals surface area contributed by atoms with Gasteiger partial charge < -0.3 is 0 Å². The van der Waals surface area contributed by atoms with E-state index in [0.29, 0.717) is 11.1 Å². The summed E-state index contributed by atoms with van der Waals surface area (Å²) < 4.78 is 13.5. The summed E-state index contributed by atoms with van der Waals surface area (Å²) in [5.41, 5.74) is 0.936. The van der Waals surface area contributed by atoms with E-state index in [4.69, 9.17) is 0 Å². The molecule has 3 rings (SSSR count). The van der Waals surface area contributed by atoms with Crippen molar-refractivity contribution < 1.29 is 14.0 Å². The molecule has 94 valence electrons. The van der Waals surface area contributed by atoms with Crippen LogP contribution in [0.3, 0.4) is 0 Å². The van der Waals surface area contributed by atoms with Crippen molar-refractivity contribution in [1.29, 1.82) is 0 Å². The van der Waals surface area contributed by atoms with Gasteiger partial charge in [0.05, 0.1) is 17.7 Å². The smallest absolute Gasteiger partial charge is 0.261 e. The number of aromatic nitrogens is 1. The Morgan fingerprint density at radius 2 is 1.63 bits per heavy atom. The van der Waals surface area contributed by atoms with Crippen LogP contribution in [-0.2, 0) is 6.54 Å². The van der Waals surface area contributed by atoms with E-state index in [0.717, 1.165) is 4.90 Å². The number of halogens is 1. The summed E-state index contributed by atoms with van der Waals surface area (Å²) in [4.78, 5) is 28.7. The second kappa shape index (κ2) is 4.28. The molecule has 0 fully saturated rings. The van der Waals surface area contributed by atoms with Crippen LogP contribution in [0, 0.1) is 5.95 Å². The quantitative estimate of drug-likeness (QED) is 0.610. The number of carbonyl (C=O) groups is 2. The van der Waals surface area contributed by atoms with Gasteiger partial charge in [0, 0.05) is 11.8 Å². The van der Waals surface area contributed by atoms with Gasteiger partial charge in [0.15, 0.2) is 0 Å². The molecule has 1 aromatic heterocycles. The van der Waals surface area contributed by atoms with E-state index in [-0.39, 0.29) is 12.1 Å². The maximum absolute atomic E-state index is 13.5. The maximum Gasteiger partial charge on any atom is 0.261 e. The molecule has 1 aliphatic heterocycles. The molecule has 0 bridgehead atoms. The first-order valence-electron chi connectivity index (χ1n) is 5.73.